The highest BCUT2D eigenvalue weighted by atomic mass is 16.5. The lowest BCUT2D eigenvalue weighted by atomic mass is 9.71. The van der Waals surface area contributed by atoms with Crippen LogP contribution in [0.2, 0.25) is 0 Å². The molecule has 0 spiro atoms. The summed E-state index contributed by atoms with van der Waals surface area (Å²) in [6, 6.07) is 3.99. The summed E-state index contributed by atoms with van der Waals surface area (Å²) in [5.41, 5.74) is 7.64. The Morgan fingerprint density at radius 3 is 2.50 bits per heavy atom. The van der Waals surface area contributed by atoms with Crippen molar-refractivity contribution in [3.8, 4) is 0 Å². The molecule has 20 heavy (non-hydrogen) atoms. The molecular weight excluding hydrogens is 248 g/mol. The summed E-state index contributed by atoms with van der Waals surface area (Å²) < 4.78 is 6.39. The first-order valence-electron chi connectivity index (χ1n) is 7.68. The lowest BCUT2D eigenvalue weighted by Crippen LogP contribution is -2.37. The standard InChI is InChI=1S/C17H28N2O/c1-12-9-15(11-17(3,4)10-12)20-16(13(2)18)14-5-7-19-8-6-14/h5-8,12-13,15-16H,9-11,18H2,1-4H3. The quantitative estimate of drug-likeness (QED) is 0.912. The molecule has 3 heteroatoms. The van der Waals surface area contributed by atoms with Gasteiger partial charge in [0.15, 0.2) is 0 Å². The van der Waals surface area contributed by atoms with E-state index in [0.717, 1.165) is 24.3 Å². The molecule has 0 bridgehead atoms. The van der Waals surface area contributed by atoms with Crippen LogP contribution in [0.15, 0.2) is 24.5 Å². The third-order valence-corrected chi connectivity index (χ3v) is 4.20. The van der Waals surface area contributed by atoms with Crippen LogP contribution >= 0.6 is 0 Å². The molecule has 1 aliphatic carbocycles. The van der Waals surface area contributed by atoms with Crippen LogP contribution in [-0.4, -0.2) is 17.1 Å². The van der Waals surface area contributed by atoms with E-state index in [1.54, 1.807) is 0 Å². The van der Waals surface area contributed by atoms with Gasteiger partial charge in [0.05, 0.1) is 12.2 Å². The molecule has 2 N–H and O–H groups in total. The van der Waals surface area contributed by atoms with Gasteiger partial charge in [-0.2, -0.15) is 0 Å². The van der Waals surface area contributed by atoms with Crippen molar-refractivity contribution in [3.05, 3.63) is 30.1 Å². The minimum atomic E-state index is -0.0379. The fraction of sp³-hybridized carbons (Fsp3) is 0.706. The van der Waals surface area contributed by atoms with E-state index in [2.05, 4.69) is 25.8 Å². The molecule has 0 saturated heterocycles. The van der Waals surface area contributed by atoms with E-state index >= 15 is 0 Å². The number of pyridine rings is 1. The van der Waals surface area contributed by atoms with Crippen molar-refractivity contribution >= 4 is 0 Å². The second-order valence-corrected chi connectivity index (χ2v) is 7.23. The van der Waals surface area contributed by atoms with E-state index in [1.165, 1.54) is 6.42 Å². The largest absolute Gasteiger partial charge is 0.369 e. The maximum absolute atomic E-state index is 6.39. The second kappa shape index (κ2) is 6.23. The van der Waals surface area contributed by atoms with Gasteiger partial charge in [0, 0.05) is 18.4 Å². The van der Waals surface area contributed by atoms with Crippen LogP contribution < -0.4 is 5.73 Å². The van der Waals surface area contributed by atoms with Crippen molar-refractivity contribution in [1.29, 1.82) is 0 Å². The van der Waals surface area contributed by atoms with Gasteiger partial charge in [-0.15, -0.1) is 0 Å². The SMILES string of the molecule is CC1CC(OC(c2ccncc2)C(C)N)CC(C)(C)C1. The van der Waals surface area contributed by atoms with E-state index in [0.29, 0.717) is 11.5 Å². The van der Waals surface area contributed by atoms with Gasteiger partial charge in [0.25, 0.3) is 0 Å². The maximum Gasteiger partial charge on any atom is 0.0977 e. The Bertz CT molecular complexity index is 416. The Morgan fingerprint density at radius 2 is 1.95 bits per heavy atom. The van der Waals surface area contributed by atoms with Crippen LogP contribution in [0.5, 0.6) is 0 Å². The van der Waals surface area contributed by atoms with E-state index in [4.69, 9.17) is 10.5 Å². The number of rotatable bonds is 4. The Labute approximate surface area is 122 Å². The van der Waals surface area contributed by atoms with Crippen molar-refractivity contribution in [1.82, 2.24) is 4.98 Å². The van der Waals surface area contributed by atoms with Crippen molar-refractivity contribution in [2.24, 2.45) is 17.1 Å². The normalized spacial score (nSPS) is 28.9. The highest BCUT2D eigenvalue weighted by molar-refractivity contribution is 5.15. The third kappa shape index (κ3) is 4.03. The highest BCUT2D eigenvalue weighted by Gasteiger charge is 2.34. The van der Waals surface area contributed by atoms with Crippen molar-refractivity contribution in [2.45, 2.75) is 65.2 Å². The van der Waals surface area contributed by atoms with Gasteiger partial charge in [0.2, 0.25) is 0 Å². The van der Waals surface area contributed by atoms with E-state index in [-0.39, 0.29) is 12.1 Å². The van der Waals surface area contributed by atoms with Gasteiger partial charge in [-0.1, -0.05) is 20.8 Å². The van der Waals surface area contributed by atoms with Crippen LogP contribution in [0.3, 0.4) is 0 Å². The maximum atomic E-state index is 6.39. The molecule has 4 unspecified atom stereocenters. The summed E-state index contributed by atoms with van der Waals surface area (Å²) in [7, 11) is 0. The van der Waals surface area contributed by atoms with Crippen LogP contribution in [0.1, 0.15) is 58.6 Å². The molecule has 4 atom stereocenters. The zero-order valence-corrected chi connectivity index (χ0v) is 13.2. The van der Waals surface area contributed by atoms with Crippen LogP contribution in [-0.2, 0) is 4.74 Å². The molecule has 0 aliphatic heterocycles. The van der Waals surface area contributed by atoms with E-state index in [1.807, 2.05) is 31.5 Å². The summed E-state index contributed by atoms with van der Waals surface area (Å²) in [5, 5.41) is 0. The van der Waals surface area contributed by atoms with Crippen molar-refractivity contribution in [3.63, 3.8) is 0 Å². The van der Waals surface area contributed by atoms with Crippen LogP contribution in [0.4, 0.5) is 0 Å². The third-order valence-electron chi connectivity index (χ3n) is 4.20. The first kappa shape index (κ1) is 15.5. The molecule has 1 heterocycles. The molecule has 1 aromatic rings. The van der Waals surface area contributed by atoms with Gasteiger partial charge in [-0.05, 0) is 55.2 Å². The van der Waals surface area contributed by atoms with E-state index < -0.39 is 0 Å². The number of hydrogen-bond donors (Lipinski definition) is 1. The van der Waals surface area contributed by atoms with Gasteiger partial charge in [0.1, 0.15) is 0 Å². The van der Waals surface area contributed by atoms with Gasteiger partial charge >= 0.3 is 0 Å². The topological polar surface area (TPSA) is 48.1 Å². The fourth-order valence-electron chi connectivity index (χ4n) is 3.63. The Kier molecular flexibility index (Phi) is 4.82. The molecule has 0 aromatic carbocycles. The number of hydrogen-bond acceptors (Lipinski definition) is 3. The van der Waals surface area contributed by atoms with E-state index in [9.17, 15) is 0 Å². The van der Waals surface area contributed by atoms with Crippen molar-refractivity contribution < 1.29 is 4.74 Å². The summed E-state index contributed by atoms with van der Waals surface area (Å²) >= 11 is 0. The second-order valence-electron chi connectivity index (χ2n) is 7.23. The lowest BCUT2D eigenvalue weighted by molar-refractivity contribution is -0.0738. The monoisotopic (exact) mass is 276 g/mol. The molecule has 1 fully saturated rings. The predicted molar refractivity (Wildman–Crippen MR) is 82.3 cm³/mol. The molecule has 1 saturated carbocycles. The molecule has 0 radical (unpaired) electrons. The minimum absolute atomic E-state index is 0.0160. The fourth-order valence-corrected chi connectivity index (χ4v) is 3.63. The summed E-state index contributed by atoms with van der Waals surface area (Å²) in [6.07, 6.45) is 7.42. The molecule has 1 aliphatic rings. The Hall–Kier alpha value is -0.930. The summed E-state index contributed by atoms with van der Waals surface area (Å²) in [4.78, 5) is 4.07. The smallest absolute Gasteiger partial charge is 0.0977 e. The predicted octanol–water partition coefficient (Wildman–Crippen LogP) is 3.70. The Balaban J connectivity index is 2.09. The molecule has 0 amide bonds. The number of nitrogens with two attached hydrogens (primary N) is 1. The number of aromatic nitrogens is 1. The number of nitrogens with zero attached hydrogens (tertiary/aromatic N) is 1. The summed E-state index contributed by atoms with van der Waals surface area (Å²) in [5.74, 6) is 0.718. The molecule has 3 nitrogen and oxygen atoms in total. The minimum Gasteiger partial charge on any atom is -0.369 e. The van der Waals surface area contributed by atoms with Gasteiger partial charge in [-0.25, -0.2) is 0 Å². The zero-order valence-electron chi connectivity index (χ0n) is 13.2. The average molecular weight is 276 g/mol. The van der Waals surface area contributed by atoms with Crippen LogP contribution in [0.25, 0.3) is 0 Å². The molecule has 1 aromatic heterocycles. The molecular formula is C17H28N2O. The lowest BCUT2D eigenvalue weighted by Gasteiger charge is -2.40. The first-order valence-corrected chi connectivity index (χ1v) is 7.68. The first-order chi connectivity index (χ1) is 9.37. The van der Waals surface area contributed by atoms with Crippen molar-refractivity contribution in [2.75, 3.05) is 0 Å². The molecule has 112 valence electrons. The highest BCUT2D eigenvalue weighted by Crippen LogP contribution is 2.41. The van der Waals surface area contributed by atoms with Gasteiger partial charge in [-0.3, -0.25) is 4.98 Å². The average Bonchev–Trinajstić information content (AvgIpc) is 2.34. The molecule has 2 rings (SSSR count). The van der Waals surface area contributed by atoms with Gasteiger partial charge < -0.3 is 10.5 Å². The Morgan fingerprint density at radius 1 is 1.30 bits per heavy atom. The van der Waals surface area contributed by atoms with Crippen LogP contribution in [0, 0.1) is 11.3 Å². The summed E-state index contributed by atoms with van der Waals surface area (Å²) in [6.45, 7) is 9.02. The number of ether oxygens (including phenoxy) is 1. The zero-order chi connectivity index (χ0) is 14.8.